The van der Waals surface area contributed by atoms with Crippen molar-refractivity contribution < 1.29 is 10.0 Å². The molecule has 0 aromatic heterocycles. The summed E-state index contributed by atoms with van der Waals surface area (Å²) in [6, 6.07) is 4.54. The van der Waals surface area contributed by atoms with Crippen LogP contribution in [-0.2, 0) is 0 Å². The maximum Gasteiger partial charge on any atom is 0.269 e. The van der Waals surface area contributed by atoms with Crippen molar-refractivity contribution in [3.8, 4) is 0 Å². The van der Waals surface area contributed by atoms with E-state index >= 15 is 0 Å². The summed E-state index contributed by atoms with van der Waals surface area (Å²) in [5, 5.41) is 22.4. The molecule has 1 aromatic rings. The highest BCUT2D eigenvalue weighted by molar-refractivity contribution is 5.55. The zero-order chi connectivity index (χ0) is 11.4. The molecule has 5 heteroatoms. The Kier molecular flexibility index (Phi) is 3.62. The number of hydrogen-bond acceptors (Lipinski definition) is 4. The minimum atomic E-state index is -0.424. The molecule has 0 amide bonds. The average molecular weight is 210 g/mol. The van der Waals surface area contributed by atoms with Crippen molar-refractivity contribution in [2.45, 2.75) is 19.9 Å². The number of aryl methyl sites for hydroxylation is 1. The van der Waals surface area contributed by atoms with Gasteiger partial charge < -0.3 is 10.4 Å². The molecule has 0 saturated carbocycles. The maximum atomic E-state index is 10.5. The molecule has 1 rings (SSSR count). The quantitative estimate of drug-likeness (QED) is 0.585. The molecule has 0 bridgehead atoms. The molecule has 0 aliphatic rings. The van der Waals surface area contributed by atoms with Crippen LogP contribution in [0.25, 0.3) is 0 Å². The van der Waals surface area contributed by atoms with Crippen LogP contribution in [0.4, 0.5) is 11.4 Å². The number of rotatable bonds is 4. The predicted octanol–water partition coefficient (Wildman–Crippen LogP) is 1.70. The minimum Gasteiger partial charge on any atom is -0.394 e. The third-order valence-corrected chi connectivity index (χ3v) is 2.10. The van der Waals surface area contributed by atoms with Crippen molar-refractivity contribution in [2.24, 2.45) is 0 Å². The second kappa shape index (κ2) is 4.75. The third-order valence-electron chi connectivity index (χ3n) is 2.10. The highest BCUT2D eigenvalue weighted by Crippen LogP contribution is 2.21. The van der Waals surface area contributed by atoms with Crippen molar-refractivity contribution >= 4 is 11.4 Å². The lowest BCUT2D eigenvalue weighted by Crippen LogP contribution is -2.19. The fraction of sp³-hybridized carbons (Fsp3) is 0.400. The van der Waals surface area contributed by atoms with Crippen LogP contribution in [0.2, 0.25) is 0 Å². The van der Waals surface area contributed by atoms with Crippen molar-refractivity contribution in [3.63, 3.8) is 0 Å². The number of nitro benzene ring substituents is 1. The Labute approximate surface area is 87.9 Å². The first kappa shape index (κ1) is 11.5. The first-order chi connectivity index (χ1) is 7.04. The second-order valence-corrected chi connectivity index (χ2v) is 3.48. The molecule has 0 radical (unpaired) electrons. The predicted molar refractivity (Wildman–Crippen MR) is 58.0 cm³/mol. The van der Waals surface area contributed by atoms with Crippen LogP contribution in [0, 0.1) is 17.0 Å². The normalized spacial score (nSPS) is 12.2. The fourth-order valence-corrected chi connectivity index (χ4v) is 1.23. The Balaban J connectivity index is 2.88. The molecule has 0 heterocycles. The molecule has 15 heavy (non-hydrogen) atoms. The fourth-order valence-electron chi connectivity index (χ4n) is 1.23. The average Bonchev–Trinajstić information content (AvgIpc) is 2.20. The number of aliphatic hydroxyl groups is 1. The van der Waals surface area contributed by atoms with Gasteiger partial charge >= 0.3 is 0 Å². The number of nitrogens with one attached hydrogen (secondary N) is 1. The number of hydrogen-bond donors (Lipinski definition) is 2. The molecule has 0 aliphatic carbocycles. The van der Waals surface area contributed by atoms with Gasteiger partial charge in [-0.1, -0.05) is 0 Å². The summed E-state index contributed by atoms with van der Waals surface area (Å²) in [7, 11) is 0. The number of benzene rings is 1. The van der Waals surface area contributed by atoms with Gasteiger partial charge in [-0.3, -0.25) is 10.1 Å². The number of anilines is 1. The molecule has 1 atom stereocenters. The molecular weight excluding hydrogens is 196 g/mol. The standard InChI is InChI=1S/C10H14N2O3/c1-7-5-9(12(14)15)3-4-10(7)11-8(2)6-13/h3-5,8,11,13H,6H2,1-2H3. The van der Waals surface area contributed by atoms with E-state index in [-0.39, 0.29) is 18.3 Å². The first-order valence-electron chi connectivity index (χ1n) is 4.67. The topological polar surface area (TPSA) is 75.4 Å². The molecule has 82 valence electrons. The lowest BCUT2D eigenvalue weighted by atomic mass is 10.1. The number of nitrogens with zero attached hydrogens (tertiary/aromatic N) is 1. The molecule has 2 N–H and O–H groups in total. The number of aliphatic hydroxyl groups excluding tert-OH is 1. The Bertz CT molecular complexity index is 366. The van der Waals surface area contributed by atoms with Gasteiger partial charge in [0.15, 0.2) is 0 Å². The van der Waals surface area contributed by atoms with Crippen LogP contribution < -0.4 is 5.32 Å². The van der Waals surface area contributed by atoms with Gasteiger partial charge in [0.1, 0.15) is 0 Å². The van der Waals surface area contributed by atoms with E-state index in [2.05, 4.69) is 5.32 Å². The Morgan fingerprint density at radius 3 is 2.73 bits per heavy atom. The van der Waals surface area contributed by atoms with Gasteiger partial charge in [0.25, 0.3) is 5.69 Å². The monoisotopic (exact) mass is 210 g/mol. The summed E-state index contributed by atoms with van der Waals surface area (Å²) in [5.74, 6) is 0. The highest BCUT2D eigenvalue weighted by Gasteiger charge is 2.09. The Morgan fingerprint density at radius 2 is 2.27 bits per heavy atom. The van der Waals surface area contributed by atoms with Gasteiger partial charge in [-0.05, 0) is 25.5 Å². The SMILES string of the molecule is Cc1cc([N+](=O)[O-])ccc1NC(C)CO. The van der Waals surface area contributed by atoms with Gasteiger partial charge in [-0.15, -0.1) is 0 Å². The molecular formula is C10H14N2O3. The van der Waals surface area contributed by atoms with E-state index in [1.54, 1.807) is 13.0 Å². The van der Waals surface area contributed by atoms with Crippen molar-refractivity contribution in [3.05, 3.63) is 33.9 Å². The molecule has 1 unspecified atom stereocenters. The van der Waals surface area contributed by atoms with Crippen LogP contribution in [0.15, 0.2) is 18.2 Å². The summed E-state index contributed by atoms with van der Waals surface area (Å²) in [6.45, 7) is 3.65. The molecule has 0 spiro atoms. The van der Waals surface area contributed by atoms with Crippen LogP contribution in [0.5, 0.6) is 0 Å². The van der Waals surface area contributed by atoms with E-state index in [9.17, 15) is 10.1 Å². The third kappa shape index (κ3) is 2.92. The second-order valence-electron chi connectivity index (χ2n) is 3.48. The Morgan fingerprint density at radius 1 is 1.60 bits per heavy atom. The molecule has 0 saturated heterocycles. The van der Waals surface area contributed by atoms with Gasteiger partial charge in [-0.25, -0.2) is 0 Å². The zero-order valence-electron chi connectivity index (χ0n) is 8.73. The molecule has 1 aromatic carbocycles. The van der Waals surface area contributed by atoms with Crippen molar-refractivity contribution in [1.82, 2.24) is 0 Å². The maximum absolute atomic E-state index is 10.5. The van der Waals surface area contributed by atoms with E-state index in [4.69, 9.17) is 5.11 Å². The van der Waals surface area contributed by atoms with Crippen LogP contribution in [-0.4, -0.2) is 22.7 Å². The summed E-state index contributed by atoms with van der Waals surface area (Å²) < 4.78 is 0. The van der Waals surface area contributed by atoms with Gasteiger partial charge in [0.05, 0.1) is 11.5 Å². The molecule has 5 nitrogen and oxygen atoms in total. The summed E-state index contributed by atoms with van der Waals surface area (Å²) >= 11 is 0. The lowest BCUT2D eigenvalue weighted by molar-refractivity contribution is -0.384. The van der Waals surface area contributed by atoms with Gasteiger partial charge in [-0.2, -0.15) is 0 Å². The smallest absolute Gasteiger partial charge is 0.269 e. The highest BCUT2D eigenvalue weighted by atomic mass is 16.6. The zero-order valence-corrected chi connectivity index (χ0v) is 8.73. The van der Waals surface area contributed by atoms with E-state index in [0.717, 1.165) is 11.3 Å². The van der Waals surface area contributed by atoms with Crippen LogP contribution in [0.3, 0.4) is 0 Å². The van der Waals surface area contributed by atoms with E-state index in [1.165, 1.54) is 12.1 Å². The first-order valence-corrected chi connectivity index (χ1v) is 4.67. The Hall–Kier alpha value is -1.62. The molecule has 0 aliphatic heterocycles. The summed E-state index contributed by atoms with van der Waals surface area (Å²) in [6.07, 6.45) is 0. The largest absolute Gasteiger partial charge is 0.394 e. The van der Waals surface area contributed by atoms with E-state index in [0.29, 0.717) is 0 Å². The van der Waals surface area contributed by atoms with Crippen molar-refractivity contribution in [1.29, 1.82) is 0 Å². The number of nitro groups is 1. The number of non-ortho nitro benzene ring substituents is 1. The van der Waals surface area contributed by atoms with E-state index in [1.807, 2.05) is 6.92 Å². The van der Waals surface area contributed by atoms with Gasteiger partial charge in [0.2, 0.25) is 0 Å². The lowest BCUT2D eigenvalue weighted by Gasteiger charge is -2.14. The van der Waals surface area contributed by atoms with Gasteiger partial charge in [0, 0.05) is 23.9 Å². The summed E-state index contributed by atoms with van der Waals surface area (Å²) in [5.41, 5.74) is 1.68. The molecule has 0 fully saturated rings. The van der Waals surface area contributed by atoms with Crippen LogP contribution in [0.1, 0.15) is 12.5 Å². The van der Waals surface area contributed by atoms with Crippen LogP contribution >= 0.6 is 0 Å². The summed E-state index contributed by atoms with van der Waals surface area (Å²) in [4.78, 5) is 10.1. The van der Waals surface area contributed by atoms with E-state index < -0.39 is 4.92 Å². The van der Waals surface area contributed by atoms with Crippen molar-refractivity contribution in [2.75, 3.05) is 11.9 Å². The minimum absolute atomic E-state index is 0.0242.